The number of hydrogen-bond acceptors (Lipinski definition) is 3. The number of para-hydroxylation sites is 2. The number of carbonyl (C=O) groups is 2. The summed E-state index contributed by atoms with van der Waals surface area (Å²) in [4.78, 5) is 28.2. The molecule has 0 aliphatic carbocycles. The SMILES string of the molecule is O=C(Nc1ccccc1C(=O)NCCc1ccccc1)c1ccc(CN2CCCc3ccccc32)cc1. The predicted molar refractivity (Wildman–Crippen MR) is 149 cm³/mol. The zero-order chi connectivity index (χ0) is 25.5. The highest BCUT2D eigenvalue weighted by atomic mass is 16.2. The fourth-order valence-electron chi connectivity index (χ4n) is 4.80. The molecule has 2 N–H and O–H groups in total. The van der Waals surface area contributed by atoms with E-state index in [0.717, 1.165) is 43.5 Å². The molecule has 0 atom stereocenters. The highest BCUT2D eigenvalue weighted by Crippen LogP contribution is 2.28. The van der Waals surface area contributed by atoms with E-state index in [1.807, 2.05) is 60.7 Å². The minimum absolute atomic E-state index is 0.205. The maximum absolute atomic E-state index is 13.0. The van der Waals surface area contributed by atoms with E-state index in [1.54, 1.807) is 18.2 Å². The lowest BCUT2D eigenvalue weighted by atomic mass is 10.0. The summed E-state index contributed by atoms with van der Waals surface area (Å²) in [7, 11) is 0. The Kier molecular flexibility index (Phi) is 7.60. The maximum Gasteiger partial charge on any atom is 0.255 e. The van der Waals surface area contributed by atoms with Gasteiger partial charge in [-0.15, -0.1) is 0 Å². The molecule has 5 rings (SSSR count). The molecule has 0 radical (unpaired) electrons. The molecule has 0 spiro atoms. The molecule has 0 aromatic heterocycles. The van der Waals surface area contributed by atoms with E-state index in [1.165, 1.54) is 11.3 Å². The minimum Gasteiger partial charge on any atom is -0.367 e. The van der Waals surface area contributed by atoms with Crippen LogP contribution in [0.5, 0.6) is 0 Å². The van der Waals surface area contributed by atoms with Crippen LogP contribution in [0.1, 0.15) is 43.8 Å². The van der Waals surface area contributed by atoms with Crippen molar-refractivity contribution >= 4 is 23.2 Å². The van der Waals surface area contributed by atoms with Crippen LogP contribution in [0.2, 0.25) is 0 Å². The first kappa shape index (κ1) is 24.3. The second-order valence-electron chi connectivity index (χ2n) is 9.34. The first-order valence-corrected chi connectivity index (χ1v) is 12.8. The monoisotopic (exact) mass is 489 g/mol. The van der Waals surface area contributed by atoms with Crippen molar-refractivity contribution < 1.29 is 9.59 Å². The van der Waals surface area contributed by atoms with E-state index in [4.69, 9.17) is 0 Å². The summed E-state index contributed by atoms with van der Waals surface area (Å²) >= 11 is 0. The summed E-state index contributed by atoms with van der Waals surface area (Å²) in [5, 5.41) is 5.88. The van der Waals surface area contributed by atoms with Gasteiger partial charge in [-0.05, 0) is 66.3 Å². The Morgan fingerprint density at radius 2 is 1.46 bits per heavy atom. The van der Waals surface area contributed by atoms with Crippen molar-refractivity contribution in [2.75, 3.05) is 23.3 Å². The lowest BCUT2D eigenvalue weighted by Crippen LogP contribution is -2.28. The molecule has 5 heteroatoms. The van der Waals surface area contributed by atoms with E-state index in [0.29, 0.717) is 23.4 Å². The van der Waals surface area contributed by atoms with Crippen LogP contribution in [0.25, 0.3) is 0 Å². The molecule has 1 aliphatic rings. The van der Waals surface area contributed by atoms with Gasteiger partial charge in [0, 0.05) is 30.9 Å². The van der Waals surface area contributed by atoms with Crippen LogP contribution in [-0.2, 0) is 19.4 Å². The lowest BCUT2D eigenvalue weighted by Gasteiger charge is -2.31. The molecule has 1 heterocycles. The topological polar surface area (TPSA) is 61.4 Å². The number of amides is 2. The summed E-state index contributed by atoms with van der Waals surface area (Å²) in [6, 6.07) is 33.4. The number of rotatable bonds is 8. The Balaban J connectivity index is 1.20. The van der Waals surface area contributed by atoms with Crippen LogP contribution in [0.3, 0.4) is 0 Å². The van der Waals surface area contributed by atoms with Gasteiger partial charge in [0.15, 0.2) is 0 Å². The minimum atomic E-state index is -0.237. The molecule has 0 saturated carbocycles. The van der Waals surface area contributed by atoms with E-state index in [9.17, 15) is 9.59 Å². The van der Waals surface area contributed by atoms with Crippen molar-refractivity contribution in [3.8, 4) is 0 Å². The van der Waals surface area contributed by atoms with Gasteiger partial charge in [-0.1, -0.05) is 72.8 Å². The lowest BCUT2D eigenvalue weighted by molar-refractivity contribution is 0.0955. The van der Waals surface area contributed by atoms with Crippen molar-refractivity contribution in [1.82, 2.24) is 5.32 Å². The van der Waals surface area contributed by atoms with Crippen LogP contribution in [0.4, 0.5) is 11.4 Å². The van der Waals surface area contributed by atoms with E-state index in [-0.39, 0.29) is 11.8 Å². The Hall–Kier alpha value is -4.38. The zero-order valence-electron chi connectivity index (χ0n) is 20.8. The molecule has 37 heavy (non-hydrogen) atoms. The van der Waals surface area contributed by atoms with Gasteiger partial charge in [0.25, 0.3) is 11.8 Å². The summed E-state index contributed by atoms with van der Waals surface area (Å²) in [5.41, 5.74) is 6.52. The van der Waals surface area contributed by atoms with E-state index < -0.39 is 0 Å². The van der Waals surface area contributed by atoms with Gasteiger partial charge in [0.1, 0.15) is 0 Å². The van der Waals surface area contributed by atoms with Gasteiger partial charge in [0.05, 0.1) is 11.3 Å². The summed E-state index contributed by atoms with van der Waals surface area (Å²) in [6.07, 6.45) is 3.02. The van der Waals surface area contributed by atoms with Gasteiger partial charge in [-0.3, -0.25) is 9.59 Å². The highest BCUT2D eigenvalue weighted by molar-refractivity contribution is 6.09. The maximum atomic E-state index is 13.0. The Bertz CT molecular complexity index is 1370. The molecule has 0 bridgehead atoms. The van der Waals surface area contributed by atoms with Crippen LogP contribution in [0, 0.1) is 0 Å². The molecule has 4 aromatic rings. The van der Waals surface area contributed by atoms with Gasteiger partial charge < -0.3 is 15.5 Å². The molecular formula is C32H31N3O2. The van der Waals surface area contributed by atoms with Crippen molar-refractivity contribution in [3.05, 3.63) is 131 Å². The Morgan fingerprint density at radius 3 is 2.30 bits per heavy atom. The largest absolute Gasteiger partial charge is 0.367 e. The van der Waals surface area contributed by atoms with Crippen LogP contribution < -0.4 is 15.5 Å². The van der Waals surface area contributed by atoms with Gasteiger partial charge in [-0.2, -0.15) is 0 Å². The van der Waals surface area contributed by atoms with Crippen LogP contribution >= 0.6 is 0 Å². The molecule has 5 nitrogen and oxygen atoms in total. The Labute approximate surface area is 218 Å². The third-order valence-corrected chi connectivity index (χ3v) is 6.76. The Morgan fingerprint density at radius 1 is 0.730 bits per heavy atom. The third kappa shape index (κ3) is 6.07. The number of nitrogens with one attached hydrogen (secondary N) is 2. The number of aryl methyl sites for hydroxylation is 1. The zero-order valence-corrected chi connectivity index (χ0v) is 20.8. The van der Waals surface area contributed by atoms with Crippen LogP contribution in [-0.4, -0.2) is 24.9 Å². The van der Waals surface area contributed by atoms with Gasteiger partial charge >= 0.3 is 0 Å². The first-order chi connectivity index (χ1) is 18.2. The van der Waals surface area contributed by atoms with E-state index in [2.05, 4.69) is 39.8 Å². The smallest absolute Gasteiger partial charge is 0.255 e. The van der Waals surface area contributed by atoms with Crippen LogP contribution in [0.15, 0.2) is 103 Å². The fourth-order valence-corrected chi connectivity index (χ4v) is 4.80. The average molecular weight is 490 g/mol. The summed E-state index contributed by atoms with van der Waals surface area (Å²) < 4.78 is 0. The third-order valence-electron chi connectivity index (χ3n) is 6.76. The summed E-state index contributed by atoms with van der Waals surface area (Å²) in [5.74, 6) is -0.441. The van der Waals surface area contributed by atoms with Crippen molar-refractivity contribution in [1.29, 1.82) is 0 Å². The molecule has 0 saturated heterocycles. The van der Waals surface area contributed by atoms with Crippen molar-refractivity contribution in [2.24, 2.45) is 0 Å². The number of fused-ring (bicyclic) bond motifs is 1. The number of benzene rings is 4. The van der Waals surface area contributed by atoms with Crippen molar-refractivity contribution in [3.63, 3.8) is 0 Å². The van der Waals surface area contributed by atoms with Gasteiger partial charge in [-0.25, -0.2) is 0 Å². The molecule has 186 valence electrons. The molecule has 1 aliphatic heterocycles. The van der Waals surface area contributed by atoms with Gasteiger partial charge in [0.2, 0.25) is 0 Å². The second kappa shape index (κ2) is 11.6. The molecular weight excluding hydrogens is 458 g/mol. The number of anilines is 2. The fraction of sp³-hybridized carbons (Fsp3) is 0.188. The molecule has 4 aromatic carbocycles. The predicted octanol–water partition coefficient (Wildman–Crippen LogP) is 5.86. The van der Waals surface area contributed by atoms with E-state index >= 15 is 0 Å². The number of hydrogen-bond donors (Lipinski definition) is 2. The summed E-state index contributed by atoms with van der Waals surface area (Å²) in [6.45, 7) is 2.36. The molecule has 0 unspecified atom stereocenters. The number of carbonyl (C=O) groups excluding carboxylic acids is 2. The second-order valence-corrected chi connectivity index (χ2v) is 9.34. The molecule has 2 amide bonds. The molecule has 0 fully saturated rings. The normalized spacial score (nSPS) is 12.5. The quantitative estimate of drug-likeness (QED) is 0.326. The van der Waals surface area contributed by atoms with Crippen molar-refractivity contribution in [2.45, 2.75) is 25.8 Å². The number of nitrogens with zero attached hydrogens (tertiary/aromatic N) is 1. The average Bonchev–Trinajstić information content (AvgIpc) is 2.94. The first-order valence-electron chi connectivity index (χ1n) is 12.8. The standard InChI is InChI=1S/C32H31N3O2/c36-31(27-18-16-25(17-19-27)23-35-22-8-12-26-11-4-7-15-30(26)35)34-29-14-6-5-13-28(29)32(37)33-21-20-24-9-2-1-3-10-24/h1-7,9-11,13-19H,8,12,20-23H2,(H,33,37)(H,34,36). The highest BCUT2D eigenvalue weighted by Gasteiger charge is 2.17.